The first-order valence-corrected chi connectivity index (χ1v) is 6.39. The largest absolute Gasteiger partial charge is 0.491 e. The van der Waals surface area contributed by atoms with E-state index in [1.807, 2.05) is 19.1 Å². The first-order valence-electron chi connectivity index (χ1n) is 5.86. The molecule has 0 unspecified atom stereocenters. The maximum atomic E-state index is 5.84. The number of aryl methyl sites for hydroxylation is 1. The molecule has 0 fully saturated rings. The standard InChI is InChI=1S/C13H20ClNO/c1-4-11(5-2)9-16-13-7-6-10(3)15-12(13)8-14/h6-7,11H,4-5,8-9H2,1-3H3. The number of hydrogen-bond donors (Lipinski definition) is 0. The van der Waals surface area contributed by atoms with Crippen LogP contribution in [-0.2, 0) is 5.88 Å². The van der Waals surface area contributed by atoms with Gasteiger partial charge in [-0.05, 0) is 25.0 Å². The zero-order chi connectivity index (χ0) is 12.0. The highest BCUT2D eigenvalue weighted by Crippen LogP contribution is 2.20. The fraction of sp³-hybridized carbons (Fsp3) is 0.615. The molecule has 0 aliphatic heterocycles. The van der Waals surface area contributed by atoms with Crippen molar-refractivity contribution in [1.82, 2.24) is 4.98 Å². The summed E-state index contributed by atoms with van der Waals surface area (Å²) in [5.74, 6) is 1.84. The van der Waals surface area contributed by atoms with Gasteiger partial charge in [-0.15, -0.1) is 11.6 Å². The van der Waals surface area contributed by atoms with E-state index in [4.69, 9.17) is 16.3 Å². The minimum absolute atomic E-state index is 0.403. The molecular weight excluding hydrogens is 222 g/mol. The summed E-state index contributed by atoms with van der Waals surface area (Å²) < 4.78 is 5.78. The molecule has 3 heteroatoms. The summed E-state index contributed by atoms with van der Waals surface area (Å²) in [6, 6.07) is 3.92. The van der Waals surface area contributed by atoms with E-state index < -0.39 is 0 Å². The van der Waals surface area contributed by atoms with Gasteiger partial charge < -0.3 is 4.74 Å². The van der Waals surface area contributed by atoms with Gasteiger partial charge in [0.1, 0.15) is 5.75 Å². The van der Waals surface area contributed by atoms with Crippen molar-refractivity contribution in [2.75, 3.05) is 6.61 Å². The zero-order valence-corrected chi connectivity index (χ0v) is 11.0. The highest BCUT2D eigenvalue weighted by atomic mass is 35.5. The van der Waals surface area contributed by atoms with Gasteiger partial charge in [0.2, 0.25) is 0 Å². The molecule has 0 spiro atoms. The van der Waals surface area contributed by atoms with E-state index in [1.165, 1.54) is 0 Å². The van der Waals surface area contributed by atoms with Gasteiger partial charge >= 0.3 is 0 Å². The summed E-state index contributed by atoms with van der Waals surface area (Å²) in [7, 11) is 0. The molecule has 0 saturated heterocycles. The van der Waals surface area contributed by atoms with Crippen LogP contribution >= 0.6 is 11.6 Å². The molecule has 0 aliphatic rings. The highest BCUT2D eigenvalue weighted by Gasteiger charge is 2.08. The number of alkyl halides is 1. The molecule has 0 radical (unpaired) electrons. The van der Waals surface area contributed by atoms with Crippen LogP contribution in [-0.4, -0.2) is 11.6 Å². The second-order valence-corrected chi connectivity index (χ2v) is 4.29. The van der Waals surface area contributed by atoms with Gasteiger partial charge in [-0.3, -0.25) is 4.98 Å². The third-order valence-electron chi connectivity index (χ3n) is 2.83. The smallest absolute Gasteiger partial charge is 0.142 e. The second-order valence-electron chi connectivity index (χ2n) is 4.02. The molecule has 1 heterocycles. The molecule has 16 heavy (non-hydrogen) atoms. The average Bonchev–Trinajstić information content (AvgIpc) is 2.31. The third kappa shape index (κ3) is 3.67. The van der Waals surface area contributed by atoms with E-state index in [9.17, 15) is 0 Å². The molecule has 0 amide bonds. The number of hydrogen-bond acceptors (Lipinski definition) is 2. The predicted octanol–water partition coefficient (Wildman–Crippen LogP) is 3.94. The Balaban J connectivity index is 2.65. The molecule has 2 nitrogen and oxygen atoms in total. The van der Waals surface area contributed by atoms with Gasteiger partial charge in [0.25, 0.3) is 0 Å². The number of aromatic nitrogens is 1. The van der Waals surface area contributed by atoms with E-state index in [1.54, 1.807) is 0 Å². The lowest BCUT2D eigenvalue weighted by Gasteiger charge is -2.15. The fourth-order valence-corrected chi connectivity index (χ4v) is 1.75. The van der Waals surface area contributed by atoms with E-state index in [0.29, 0.717) is 11.8 Å². The number of nitrogens with zero attached hydrogens (tertiary/aromatic N) is 1. The van der Waals surface area contributed by atoms with Gasteiger partial charge in [0, 0.05) is 5.69 Å². The number of pyridine rings is 1. The molecule has 0 N–H and O–H groups in total. The van der Waals surface area contributed by atoms with Crippen LogP contribution in [0.2, 0.25) is 0 Å². The van der Waals surface area contributed by atoms with Gasteiger partial charge in [0.15, 0.2) is 0 Å². The quantitative estimate of drug-likeness (QED) is 0.704. The third-order valence-corrected chi connectivity index (χ3v) is 3.08. The molecule has 90 valence electrons. The van der Waals surface area contributed by atoms with Crippen LogP contribution in [0, 0.1) is 12.8 Å². The van der Waals surface area contributed by atoms with Crippen molar-refractivity contribution in [3.8, 4) is 5.75 Å². The van der Waals surface area contributed by atoms with Gasteiger partial charge in [-0.25, -0.2) is 0 Å². The topological polar surface area (TPSA) is 22.1 Å². The lowest BCUT2D eigenvalue weighted by molar-refractivity contribution is 0.238. The minimum Gasteiger partial charge on any atom is -0.491 e. The second kappa shape index (κ2) is 6.74. The van der Waals surface area contributed by atoms with Crippen molar-refractivity contribution >= 4 is 11.6 Å². The lowest BCUT2D eigenvalue weighted by Crippen LogP contribution is -2.11. The summed E-state index contributed by atoms with van der Waals surface area (Å²) in [5.41, 5.74) is 1.82. The Morgan fingerprint density at radius 2 is 2.00 bits per heavy atom. The van der Waals surface area contributed by atoms with Crippen LogP contribution in [0.5, 0.6) is 5.75 Å². The monoisotopic (exact) mass is 241 g/mol. The molecule has 0 aliphatic carbocycles. The predicted molar refractivity (Wildman–Crippen MR) is 68.1 cm³/mol. The van der Waals surface area contributed by atoms with Crippen molar-refractivity contribution < 1.29 is 4.74 Å². The molecule has 0 bridgehead atoms. The first-order chi connectivity index (χ1) is 7.71. The van der Waals surface area contributed by atoms with Crippen LogP contribution in [0.15, 0.2) is 12.1 Å². The van der Waals surface area contributed by atoms with Crippen LogP contribution < -0.4 is 4.74 Å². The number of halogens is 1. The maximum absolute atomic E-state index is 5.84. The Morgan fingerprint density at radius 1 is 1.31 bits per heavy atom. The van der Waals surface area contributed by atoms with Crippen LogP contribution in [0.1, 0.15) is 38.1 Å². The van der Waals surface area contributed by atoms with Crippen LogP contribution in [0.25, 0.3) is 0 Å². The Kier molecular flexibility index (Phi) is 5.61. The van der Waals surface area contributed by atoms with E-state index in [2.05, 4.69) is 18.8 Å². The van der Waals surface area contributed by atoms with Crippen molar-refractivity contribution in [2.24, 2.45) is 5.92 Å². The number of rotatable bonds is 6. The maximum Gasteiger partial charge on any atom is 0.142 e. The SMILES string of the molecule is CCC(CC)COc1ccc(C)nc1CCl. The summed E-state index contributed by atoms with van der Waals surface area (Å²) >= 11 is 5.84. The van der Waals surface area contributed by atoms with E-state index in [-0.39, 0.29) is 0 Å². The number of ether oxygens (including phenoxy) is 1. The molecule has 0 saturated carbocycles. The van der Waals surface area contributed by atoms with Crippen molar-refractivity contribution in [3.05, 3.63) is 23.5 Å². The Bertz CT molecular complexity index is 324. The average molecular weight is 242 g/mol. The van der Waals surface area contributed by atoms with Crippen molar-refractivity contribution in [1.29, 1.82) is 0 Å². The fourth-order valence-electron chi connectivity index (χ4n) is 1.56. The summed E-state index contributed by atoms with van der Waals surface area (Å²) in [4.78, 5) is 4.36. The summed E-state index contributed by atoms with van der Waals surface area (Å²) in [6.45, 7) is 7.09. The Hall–Kier alpha value is -0.760. The van der Waals surface area contributed by atoms with Crippen molar-refractivity contribution in [2.45, 2.75) is 39.5 Å². The molecule has 0 aromatic carbocycles. The molecular formula is C13H20ClNO. The van der Waals surface area contributed by atoms with E-state index >= 15 is 0 Å². The van der Waals surface area contributed by atoms with Crippen LogP contribution in [0.4, 0.5) is 0 Å². The molecule has 1 aromatic rings. The molecule has 0 atom stereocenters. The van der Waals surface area contributed by atoms with Gasteiger partial charge in [-0.2, -0.15) is 0 Å². The lowest BCUT2D eigenvalue weighted by atomic mass is 10.1. The normalized spacial score (nSPS) is 10.8. The highest BCUT2D eigenvalue weighted by molar-refractivity contribution is 6.17. The summed E-state index contributed by atoms with van der Waals surface area (Å²) in [6.07, 6.45) is 2.29. The van der Waals surface area contributed by atoms with Gasteiger partial charge in [0.05, 0.1) is 18.2 Å². The zero-order valence-electron chi connectivity index (χ0n) is 10.3. The van der Waals surface area contributed by atoms with E-state index in [0.717, 1.165) is 36.6 Å². The minimum atomic E-state index is 0.403. The van der Waals surface area contributed by atoms with Crippen molar-refractivity contribution in [3.63, 3.8) is 0 Å². The van der Waals surface area contributed by atoms with Crippen LogP contribution in [0.3, 0.4) is 0 Å². The molecule has 1 aromatic heterocycles. The Labute approximate surface area is 103 Å². The van der Waals surface area contributed by atoms with Gasteiger partial charge in [-0.1, -0.05) is 26.7 Å². The first kappa shape index (κ1) is 13.3. The summed E-state index contributed by atoms with van der Waals surface area (Å²) in [5, 5.41) is 0. The Morgan fingerprint density at radius 3 is 2.56 bits per heavy atom. The molecule has 1 rings (SSSR count).